The van der Waals surface area contributed by atoms with Crippen molar-refractivity contribution < 1.29 is 0 Å². The lowest BCUT2D eigenvalue weighted by molar-refractivity contribution is 0.522. The zero-order chi connectivity index (χ0) is 13.9. The SMILES string of the molecule is Cc1ccc2c(c1)CCCN2C(C)CCCNC1CC1. The van der Waals surface area contributed by atoms with E-state index >= 15 is 0 Å². The third kappa shape index (κ3) is 3.35. The summed E-state index contributed by atoms with van der Waals surface area (Å²) >= 11 is 0. The minimum Gasteiger partial charge on any atom is -0.369 e. The van der Waals surface area contributed by atoms with E-state index in [4.69, 9.17) is 0 Å². The molecule has 0 spiro atoms. The zero-order valence-electron chi connectivity index (χ0n) is 13.0. The molecule has 2 nitrogen and oxygen atoms in total. The second-order valence-corrected chi connectivity index (χ2v) is 6.65. The number of fused-ring (bicyclic) bond motifs is 1. The van der Waals surface area contributed by atoms with Gasteiger partial charge in [0, 0.05) is 24.3 Å². The highest BCUT2D eigenvalue weighted by molar-refractivity contribution is 5.57. The average Bonchev–Trinajstić information content (AvgIpc) is 3.26. The largest absolute Gasteiger partial charge is 0.369 e. The van der Waals surface area contributed by atoms with Crippen LogP contribution in [0.1, 0.15) is 50.2 Å². The first-order valence-electron chi connectivity index (χ1n) is 8.33. The number of hydrogen-bond donors (Lipinski definition) is 1. The molecule has 0 bridgehead atoms. The Morgan fingerprint density at radius 3 is 3.00 bits per heavy atom. The van der Waals surface area contributed by atoms with Crippen LogP contribution in [0.15, 0.2) is 18.2 Å². The van der Waals surface area contributed by atoms with E-state index in [1.807, 2.05) is 0 Å². The Balaban J connectivity index is 1.56. The standard InChI is InChI=1S/C18H28N2/c1-14-7-10-18-16(13-14)6-4-12-20(18)15(2)5-3-11-19-17-8-9-17/h7,10,13,15,17,19H,3-6,8-9,11-12H2,1-2H3. The predicted octanol–water partition coefficient (Wildman–Crippen LogP) is 3.67. The number of nitrogens with zero attached hydrogens (tertiary/aromatic N) is 1. The van der Waals surface area contributed by atoms with Crippen molar-refractivity contribution >= 4 is 5.69 Å². The maximum Gasteiger partial charge on any atom is 0.0401 e. The molecule has 3 rings (SSSR count). The van der Waals surface area contributed by atoms with Crippen molar-refractivity contribution in [1.82, 2.24) is 5.32 Å². The minimum absolute atomic E-state index is 0.665. The Kier molecular flexibility index (Phi) is 4.30. The van der Waals surface area contributed by atoms with E-state index in [2.05, 4.69) is 42.3 Å². The molecule has 1 aromatic carbocycles. The van der Waals surface area contributed by atoms with Gasteiger partial charge in [-0.05, 0) is 70.5 Å². The van der Waals surface area contributed by atoms with Gasteiger partial charge in [0.25, 0.3) is 0 Å². The molecular weight excluding hydrogens is 244 g/mol. The quantitative estimate of drug-likeness (QED) is 0.795. The summed E-state index contributed by atoms with van der Waals surface area (Å²) in [5.41, 5.74) is 4.44. The van der Waals surface area contributed by atoms with Crippen molar-refractivity contribution in [3.8, 4) is 0 Å². The van der Waals surface area contributed by atoms with Crippen LogP contribution in [0.4, 0.5) is 5.69 Å². The van der Waals surface area contributed by atoms with E-state index < -0.39 is 0 Å². The van der Waals surface area contributed by atoms with Gasteiger partial charge in [0.2, 0.25) is 0 Å². The molecule has 0 radical (unpaired) electrons. The maximum absolute atomic E-state index is 3.62. The zero-order valence-corrected chi connectivity index (χ0v) is 13.0. The van der Waals surface area contributed by atoms with Crippen LogP contribution in [0.5, 0.6) is 0 Å². The Morgan fingerprint density at radius 1 is 1.35 bits per heavy atom. The van der Waals surface area contributed by atoms with Crippen LogP contribution < -0.4 is 10.2 Å². The lowest BCUT2D eigenvalue weighted by Crippen LogP contribution is -2.37. The Labute approximate surface area is 123 Å². The monoisotopic (exact) mass is 272 g/mol. The summed E-state index contributed by atoms with van der Waals surface area (Å²) in [5.74, 6) is 0. The van der Waals surface area contributed by atoms with Crippen LogP contribution in [0.2, 0.25) is 0 Å². The van der Waals surface area contributed by atoms with Crippen molar-refractivity contribution in [3.05, 3.63) is 29.3 Å². The van der Waals surface area contributed by atoms with Gasteiger partial charge in [0.1, 0.15) is 0 Å². The molecule has 2 aliphatic rings. The van der Waals surface area contributed by atoms with Crippen molar-refractivity contribution in [3.63, 3.8) is 0 Å². The highest BCUT2D eigenvalue weighted by Gasteiger charge is 2.22. The molecule has 20 heavy (non-hydrogen) atoms. The summed E-state index contributed by atoms with van der Waals surface area (Å²) in [6.45, 7) is 7.02. The molecule has 1 aliphatic carbocycles. The highest BCUT2D eigenvalue weighted by atomic mass is 15.2. The molecule has 0 saturated heterocycles. The van der Waals surface area contributed by atoms with Gasteiger partial charge in [-0.25, -0.2) is 0 Å². The smallest absolute Gasteiger partial charge is 0.0401 e. The number of rotatable bonds is 6. The van der Waals surface area contributed by atoms with E-state index in [-0.39, 0.29) is 0 Å². The summed E-state index contributed by atoms with van der Waals surface area (Å²) < 4.78 is 0. The normalized spacial score (nSPS) is 19.8. The molecule has 1 aliphatic heterocycles. The first-order chi connectivity index (χ1) is 9.74. The van der Waals surface area contributed by atoms with Crippen LogP contribution in [-0.4, -0.2) is 25.2 Å². The van der Waals surface area contributed by atoms with E-state index in [0.29, 0.717) is 6.04 Å². The molecule has 2 heteroatoms. The molecule has 1 aromatic rings. The third-order valence-electron chi connectivity index (χ3n) is 4.73. The number of aryl methyl sites for hydroxylation is 2. The van der Waals surface area contributed by atoms with Crippen LogP contribution >= 0.6 is 0 Å². The molecule has 1 heterocycles. The highest BCUT2D eigenvalue weighted by Crippen LogP contribution is 2.30. The van der Waals surface area contributed by atoms with Gasteiger partial charge in [-0.1, -0.05) is 17.7 Å². The second kappa shape index (κ2) is 6.17. The van der Waals surface area contributed by atoms with E-state index in [0.717, 1.165) is 6.04 Å². The van der Waals surface area contributed by atoms with Crippen molar-refractivity contribution in [2.45, 2.75) is 64.5 Å². The van der Waals surface area contributed by atoms with Crippen LogP contribution in [-0.2, 0) is 6.42 Å². The topological polar surface area (TPSA) is 15.3 Å². The van der Waals surface area contributed by atoms with Crippen LogP contribution in [0.3, 0.4) is 0 Å². The molecular formula is C18H28N2. The Hall–Kier alpha value is -1.02. The van der Waals surface area contributed by atoms with Crippen molar-refractivity contribution in [2.75, 3.05) is 18.0 Å². The predicted molar refractivity (Wildman–Crippen MR) is 86.6 cm³/mol. The second-order valence-electron chi connectivity index (χ2n) is 6.65. The van der Waals surface area contributed by atoms with Gasteiger partial charge in [-0.2, -0.15) is 0 Å². The molecule has 1 saturated carbocycles. The summed E-state index contributed by atoms with van der Waals surface area (Å²) in [6, 6.07) is 8.49. The van der Waals surface area contributed by atoms with Crippen LogP contribution in [0.25, 0.3) is 0 Å². The number of hydrogen-bond acceptors (Lipinski definition) is 2. The molecule has 0 aromatic heterocycles. The fourth-order valence-electron chi connectivity index (χ4n) is 3.36. The van der Waals surface area contributed by atoms with Crippen LogP contribution in [0, 0.1) is 6.92 Å². The van der Waals surface area contributed by atoms with Gasteiger partial charge < -0.3 is 10.2 Å². The van der Waals surface area contributed by atoms with Gasteiger partial charge >= 0.3 is 0 Å². The van der Waals surface area contributed by atoms with Gasteiger partial charge in [0.05, 0.1) is 0 Å². The lowest BCUT2D eigenvalue weighted by atomic mass is 9.97. The van der Waals surface area contributed by atoms with E-state index in [1.54, 1.807) is 5.56 Å². The van der Waals surface area contributed by atoms with E-state index in [1.165, 1.54) is 62.9 Å². The average molecular weight is 272 g/mol. The molecule has 1 atom stereocenters. The Morgan fingerprint density at radius 2 is 2.20 bits per heavy atom. The molecule has 1 N–H and O–H groups in total. The molecule has 1 fully saturated rings. The third-order valence-corrected chi connectivity index (χ3v) is 4.73. The van der Waals surface area contributed by atoms with Crippen molar-refractivity contribution in [2.24, 2.45) is 0 Å². The first-order valence-corrected chi connectivity index (χ1v) is 8.33. The molecule has 1 unspecified atom stereocenters. The minimum atomic E-state index is 0.665. The Bertz CT molecular complexity index is 451. The first kappa shape index (κ1) is 13.9. The van der Waals surface area contributed by atoms with Gasteiger partial charge in [0.15, 0.2) is 0 Å². The summed E-state index contributed by atoms with van der Waals surface area (Å²) in [4.78, 5) is 2.63. The molecule has 0 amide bonds. The fraction of sp³-hybridized carbons (Fsp3) is 0.667. The van der Waals surface area contributed by atoms with Gasteiger partial charge in [-0.15, -0.1) is 0 Å². The van der Waals surface area contributed by atoms with Crippen molar-refractivity contribution in [1.29, 1.82) is 0 Å². The number of benzene rings is 1. The molecule has 110 valence electrons. The number of anilines is 1. The summed E-state index contributed by atoms with van der Waals surface area (Å²) in [6.07, 6.45) is 7.95. The summed E-state index contributed by atoms with van der Waals surface area (Å²) in [5, 5.41) is 3.62. The fourth-order valence-corrected chi connectivity index (χ4v) is 3.36. The van der Waals surface area contributed by atoms with E-state index in [9.17, 15) is 0 Å². The number of nitrogens with one attached hydrogen (secondary N) is 1. The maximum atomic E-state index is 3.62. The van der Waals surface area contributed by atoms with Gasteiger partial charge in [-0.3, -0.25) is 0 Å². The lowest BCUT2D eigenvalue weighted by Gasteiger charge is -2.36. The summed E-state index contributed by atoms with van der Waals surface area (Å²) in [7, 11) is 0.